The van der Waals surface area contributed by atoms with Gasteiger partial charge in [0, 0.05) is 46.7 Å². The van der Waals surface area contributed by atoms with Crippen molar-refractivity contribution in [1.82, 2.24) is 15.0 Å². The van der Waals surface area contributed by atoms with E-state index in [-0.39, 0.29) is 0 Å². The molecule has 0 aliphatic carbocycles. The summed E-state index contributed by atoms with van der Waals surface area (Å²) in [4.78, 5) is 12.0. The lowest BCUT2D eigenvalue weighted by atomic mass is 9.74. The predicted molar refractivity (Wildman–Crippen MR) is 116 cm³/mol. The lowest BCUT2D eigenvalue weighted by molar-refractivity contribution is 0.221. The van der Waals surface area contributed by atoms with Crippen molar-refractivity contribution in [3.63, 3.8) is 0 Å². The Labute approximate surface area is 169 Å². The first-order valence-electron chi connectivity index (χ1n) is 9.22. The van der Waals surface area contributed by atoms with Crippen molar-refractivity contribution in [2.45, 2.75) is 19.5 Å². The summed E-state index contributed by atoms with van der Waals surface area (Å²) in [6, 6.07) is 13.5. The summed E-state index contributed by atoms with van der Waals surface area (Å²) in [6.07, 6.45) is 4.61. The second-order valence-corrected chi connectivity index (χ2v) is 7.13. The fourth-order valence-corrected chi connectivity index (χ4v) is 3.26. The van der Waals surface area contributed by atoms with Gasteiger partial charge in [-0.05, 0) is 23.8 Å². The number of aromatic nitrogens is 3. The van der Waals surface area contributed by atoms with Gasteiger partial charge >= 0.3 is 0 Å². The number of fused-ring (bicyclic) bond motifs is 1. The number of pyridine rings is 2. The summed E-state index contributed by atoms with van der Waals surface area (Å²) in [5.41, 5.74) is 4.58. The number of aliphatic hydroxyl groups is 1. The van der Waals surface area contributed by atoms with E-state index in [0.717, 1.165) is 51.3 Å². The highest BCUT2D eigenvalue weighted by atomic mass is 35.5. The Morgan fingerprint density at radius 1 is 1.14 bits per heavy atom. The molecule has 5 nitrogen and oxygen atoms in total. The molecule has 1 atom stereocenters. The molecule has 4 rings (SSSR count). The first kappa shape index (κ1) is 18.5. The molecular weight excluding hydrogens is 371 g/mol. The van der Waals surface area contributed by atoms with E-state index in [9.17, 15) is 5.11 Å². The molecule has 0 saturated carbocycles. The normalized spacial score (nSPS) is 12.1. The molecule has 4 aromatic rings. The number of rotatable bonds is 6. The van der Waals surface area contributed by atoms with Gasteiger partial charge in [-0.25, -0.2) is 9.97 Å². The SMILES string of the molecule is CBc1cnc2[nH]cc(C(O)c3ccc(NCc4ccc(Cl)cc4)nc3)c2c1. The van der Waals surface area contributed by atoms with Gasteiger partial charge in [-0.2, -0.15) is 0 Å². The molecule has 3 heterocycles. The number of nitrogens with one attached hydrogen (secondary N) is 2. The van der Waals surface area contributed by atoms with E-state index >= 15 is 0 Å². The number of anilines is 1. The summed E-state index contributed by atoms with van der Waals surface area (Å²) in [6.45, 7) is 2.74. The lowest BCUT2D eigenvalue weighted by Gasteiger charge is -2.12. The summed E-state index contributed by atoms with van der Waals surface area (Å²) < 4.78 is 0. The van der Waals surface area contributed by atoms with Crippen molar-refractivity contribution in [2.24, 2.45) is 0 Å². The van der Waals surface area contributed by atoms with Crippen LogP contribution in [0, 0.1) is 0 Å². The van der Waals surface area contributed by atoms with Crippen LogP contribution in [0.5, 0.6) is 0 Å². The number of nitrogens with zero attached hydrogens (tertiary/aromatic N) is 2. The zero-order chi connectivity index (χ0) is 19.5. The number of benzene rings is 1. The van der Waals surface area contributed by atoms with E-state index in [1.165, 1.54) is 0 Å². The van der Waals surface area contributed by atoms with Crippen LogP contribution in [0.15, 0.2) is 61.1 Å². The molecule has 0 bridgehead atoms. The van der Waals surface area contributed by atoms with Crippen molar-refractivity contribution < 1.29 is 5.11 Å². The van der Waals surface area contributed by atoms with Crippen LogP contribution in [0.25, 0.3) is 11.0 Å². The van der Waals surface area contributed by atoms with Gasteiger partial charge in [0.2, 0.25) is 0 Å². The number of hydrogen-bond donors (Lipinski definition) is 3. The molecule has 7 heteroatoms. The maximum Gasteiger partial charge on any atom is 0.156 e. The number of hydrogen-bond acceptors (Lipinski definition) is 4. The van der Waals surface area contributed by atoms with Gasteiger partial charge in [-0.3, -0.25) is 0 Å². The van der Waals surface area contributed by atoms with Crippen LogP contribution >= 0.6 is 11.6 Å². The molecule has 0 radical (unpaired) electrons. The molecular formula is C21H20BClN4O. The molecule has 0 spiro atoms. The summed E-state index contributed by atoms with van der Waals surface area (Å²) in [7, 11) is 0.902. The first-order chi connectivity index (χ1) is 13.6. The van der Waals surface area contributed by atoms with Crippen LogP contribution in [0.3, 0.4) is 0 Å². The molecule has 0 saturated heterocycles. The Hall–Kier alpha value is -2.83. The second-order valence-electron chi connectivity index (χ2n) is 6.70. The van der Waals surface area contributed by atoms with E-state index in [1.807, 2.05) is 48.8 Å². The monoisotopic (exact) mass is 390 g/mol. The highest BCUT2D eigenvalue weighted by Gasteiger charge is 2.16. The molecule has 0 aliphatic heterocycles. The van der Waals surface area contributed by atoms with E-state index in [0.29, 0.717) is 6.54 Å². The zero-order valence-corrected chi connectivity index (χ0v) is 16.2. The maximum absolute atomic E-state index is 10.8. The third-order valence-electron chi connectivity index (χ3n) is 4.81. The third-order valence-corrected chi connectivity index (χ3v) is 5.06. The standard InChI is InChI=1S/C21H20BClN4O/c1-22-15-8-17-18(12-27-21(17)26-11-15)20(28)14-4-7-19(25-10-14)24-9-13-2-5-16(23)6-3-13/h2-8,10-12,20,22,28H,9H2,1H3,(H,24,25)(H,26,27). The van der Waals surface area contributed by atoms with Gasteiger partial charge < -0.3 is 15.4 Å². The van der Waals surface area contributed by atoms with E-state index in [4.69, 9.17) is 11.6 Å². The Morgan fingerprint density at radius 3 is 2.68 bits per heavy atom. The highest BCUT2D eigenvalue weighted by molar-refractivity contribution is 6.52. The minimum Gasteiger partial charge on any atom is -0.384 e. The number of aromatic amines is 1. The van der Waals surface area contributed by atoms with Crippen molar-refractivity contribution in [2.75, 3.05) is 5.32 Å². The number of H-pyrrole nitrogens is 1. The van der Waals surface area contributed by atoms with Crippen LogP contribution in [-0.2, 0) is 6.54 Å². The Bertz CT molecular complexity index is 1080. The van der Waals surface area contributed by atoms with Gasteiger partial charge in [0.25, 0.3) is 0 Å². The molecule has 1 aromatic carbocycles. The fraction of sp³-hybridized carbons (Fsp3) is 0.143. The summed E-state index contributed by atoms with van der Waals surface area (Å²) in [5, 5.41) is 15.8. The van der Waals surface area contributed by atoms with Crippen LogP contribution in [0.1, 0.15) is 22.8 Å². The number of halogens is 1. The van der Waals surface area contributed by atoms with Crippen molar-refractivity contribution in [3.05, 3.63) is 82.8 Å². The fourth-order valence-electron chi connectivity index (χ4n) is 3.13. The molecule has 0 aliphatic rings. The van der Waals surface area contributed by atoms with E-state index in [2.05, 4.69) is 33.2 Å². The molecule has 28 heavy (non-hydrogen) atoms. The minimum atomic E-state index is -0.763. The average molecular weight is 391 g/mol. The number of aliphatic hydroxyl groups excluding tert-OH is 1. The van der Waals surface area contributed by atoms with Crippen LogP contribution in [0.2, 0.25) is 11.8 Å². The van der Waals surface area contributed by atoms with Gasteiger partial charge in [-0.15, -0.1) is 0 Å². The van der Waals surface area contributed by atoms with Gasteiger partial charge in [0.05, 0.1) is 0 Å². The molecule has 0 fully saturated rings. The summed E-state index contributed by atoms with van der Waals surface area (Å²) in [5.74, 6) is 0.750. The zero-order valence-electron chi connectivity index (χ0n) is 15.5. The Balaban J connectivity index is 1.49. The lowest BCUT2D eigenvalue weighted by Crippen LogP contribution is -2.11. The minimum absolute atomic E-state index is 0.653. The van der Waals surface area contributed by atoms with Crippen LogP contribution in [0.4, 0.5) is 5.82 Å². The molecule has 140 valence electrons. The molecule has 3 aromatic heterocycles. The second kappa shape index (κ2) is 8.04. The van der Waals surface area contributed by atoms with Crippen molar-refractivity contribution in [1.29, 1.82) is 0 Å². The predicted octanol–water partition coefficient (Wildman–Crippen LogP) is 3.42. The van der Waals surface area contributed by atoms with E-state index in [1.54, 1.807) is 6.20 Å². The van der Waals surface area contributed by atoms with Gasteiger partial charge in [-0.1, -0.05) is 48.2 Å². The van der Waals surface area contributed by atoms with Crippen molar-refractivity contribution >= 4 is 41.2 Å². The smallest absolute Gasteiger partial charge is 0.156 e. The van der Waals surface area contributed by atoms with Gasteiger partial charge in [0.1, 0.15) is 17.6 Å². The quantitative estimate of drug-likeness (QED) is 0.441. The van der Waals surface area contributed by atoms with E-state index < -0.39 is 6.10 Å². The van der Waals surface area contributed by atoms with Crippen LogP contribution < -0.4 is 10.8 Å². The largest absolute Gasteiger partial charge is 0.384 e. The average Bonchev–Trinajstić information content (AvgIpc) is 3.16. The molecule has 1 unspecified atom stereocenters. The third kappa shape index (κ3) is 3.88. The summed E-state index contributed by atoms with van der Waals surface area (Å²) >= 11 is 5.91. The topological polar surface area (TPSA) is 73.8 Å². The molecule has 3 N–H and O–H groups in total. The highest BCUT2D eigenvalue weighted by Crippen LogP contribution is 2.27. The van der Waals surface area contributed by atoms with Crippen LogP contribution in [-0.4, -0.2) is 27.3 Å². The first-order valence-corrected chi connectivity index (χ1v) is 9.60. The Morgan fingerprint density at radius 2 is 1.96 bits per heavy atom. The Kier molecular flexibility index (Phi) is 5.32. The van der Waals surface area contributed by atoms with Crippen molar-refractivity contribution in [3.8, 4) is 0 Å². The van der Waals surface area contributed by atoms with Gasteiger partial charge in [0.15, 0.2) is 7.28 Å². The molecule has 0 amide bonds. The maximum atomic E-state index is 10.8.